The molecule has 0 unspecified atom stereocenters. The third-order valence-corrected chi connectivity index (χ3v) is 3.79. The lowest BCUT2D eigenvalue weighted by atomic mass is 9.91. The fourth-order valence-corrected chi connectivity index (χ4v) is 2.50. The number of hydrogen-bond donors (Lipinski definition) is 1. The molecule has 1 aromatic rings. The zero-order valence-corrected chi connectivity index (χ0v) is 12.0. The van der Waals surface area contributed by atoms with Crippen molar-refractivity contribution in [1.29, 1.82) is 0 Å². The number of rotatable bonds is 6. The second kappa shape index (κ2) is 6.29. The van der Waals surface area contributed by atoms with Crippen LogP contribution in [0.5, 0.6) is 0 Å². The summed E-state index contributed by atoms with van der Waals surface area (Å²) < 4.78 is 0.596. The third kappa shape index (κ3) is 3.22. The standard InChI is InChI=1S/C12H16BrN3O3/c13-9-7-11(16(18)19)12(14-8-9)15(5-2-6-17)10-3-1-4-10/h7-8,10,17H,1-6H2. The van der Waals surface area contributed by atoms with Crippen molar-refractivity contribution >= 4 is 27.4 Å². The highest BCUT2D eigenvalue weighted by molar-refractivity contribution is 9.10. The maximum atomic E-state index is 11.1. The van der Waals surface area contributed by atoms with Crippen molar-refractivity contribution in [2.75, 3.05) is 18.1 Å². The van der Waals surface area contributed by atoms with E-state index in [1.807, 2.05) is 4.90 Å². The van der Waals surface area contributed by atoms with Gasteiger partial charge in [-0.1, -0.05) is 0 Å². The van der Waals surface area contributed by atoms with Crippen LogP contribution < -0.4 is 4.90 Å². The molecule has 104 valence electrons. The van der Waals surface area contributed by atoms with Gasteiger partial charge in [0.1, 0.15) is 0 Å². The van der Waals surface area contributed by atoms with Gasteiger partial charge in [0.15, 0.2) is 0 Å². The summed E-state index contributed by atoms with van der Waals surface area (Å²) >= 11 is 3.21. The summed E-state index contributed by atoms with van der Waals surface area (Å²) in [6, 6.07) is 1.78. The Hall–Kier alpha value is -1.21. The molecular formula is C12H16BrN3O3. The molecule has 0 saturated heterocycles. The van der Waals surface area contributed by atoms with Crippen molar-refractivity contribution in [1.82, 2.24) is 4.98 Å². The van der Waals surface area contributed by atoms with E-state index in [2.05, 4.69) is 20.9 Å². The fraction of sp³-hybridized carbons (Fsp3) is 0.583. The number of aromatic nitrogens is 1. The molecule has 1 aliphatic carbocycles. The third-order valence-electron chi connectivity index (χ3n) is 3.36. The van der Waals surface area contributed by atoms with Gasteiger partial charge >= 0.3 is 5.69 Å². The molecule has 7 heteroatoms. The van der Waals surface area contributed by atoms with Gasteiger partial charge in [0.25, 0.3) is 0 Å². The van der Waals surface area contributed by atoms with Crippen molar-refractivity contribution in [3.8, 4) is 0 Å². The number of anilines is 1. The molecule has 1 fully saturated rings. The first-order valence-electron chi connectivity index (χ1n) is 6.31. The Morgan fingerprint density at radius 3 is 2.84 bits per heavy atom. The van der Waals surface area contributed by atoms with Gasteiger partial charge < -0.3 is 10.0 Å². The number of hydrogen-bond acceptors (Lipinski definition) is 5. The molecule has 1 aliphatic rings. The van der Waals surface area contributed by atoms with Crippen LogP contribution >= 0.6 is 15.9 Å². The van der Waals surface area contributed by atoms with Gasteiger partial charge in [0.05, 0.1) is 4.92 Å². The van der Waals surface area contributed by atoms with Crippen molar-refractivity contribution in [2.45, 2.75) is 31.7 Å². The molecule has 6 nitrogen and oxygen atoms in total. The van der Waals surface area contributed by atoms with Crippen LogP contribution in [0.25, 0.3) is 0 Å². The first-order valence-corrected chi connectivity index (χ1v) is 7.10. The Morgan fingerprint density at radius 2 is 2.32 bits per heavy atom. The van der Waals surface area contributed by atoms with E-state index in [1.54, 1.807) is 6.20 Å². The first-order chi connectivity index (χ1) is 9.13. The summed E-state index contributed by atoms with van der Waals surface area (Å²) in [6.07, 6.45) is 5.36. The lowest BCUT2D eigenvalue weighted by molar-refractivity contribution is -0.384. The molecule has 1 N–H and O–H groups in total. The molecule has 1 aromatic heterocycles. The van der Waals surface area contributed by atoms with Crippen LogP contribution in [0.3, 0.4) is 0 Å². The molecule has 0 bridgehead atoms. The molecule has 0 radical (unpaired) electrons. The average molecular weight is 330 g/mol. The summed E-state index contributed by atoms with van der Waals surface area (Å²) in [7, 11) is 0. The van der Waals surface area contributed by atoms with Gasteiger partial charge in [-0.15, -0.1) is 0 Å². The van der Waals surface area contributed by atoms with E-state index >= 15 is 0 Å². The number of aliphatic hydroxyl groups excluding tert-OH is 1. The van der Waals surface area contributed by atoms with Gasteiger partial charge in [-0.05, 0) is 41.6 Å². The highest BCUT2D eigenvalue weighted by Gasteiger charge is 2.30. The van der Waals surface area contributed by atoms with Gasteiger partial charge in [-0.3, -0.25) is 10.1 Å². The predicted molar refractivity (Wildman–Crippen MR) is 75.3 cm³/mol. The molecule has 0 amide bonds. The SMILES string of the molecule is O=[N+]([O-])c1cc(Br)cnc1N(CCCO)C1CCC1. The fourth-order valence-electron chi connectivity index (χ4n) is 2.18. The summed E-state index contributed by atoms with van der Waals surface area (Å²) in [4.78, 5) is 16.9. The minimum absolute atomic E-state index is 0.0132. The largest absolute Gasteiger partial charge is 0.396 e. The van der Waals surface area contributed by atoms with E-state index in [-0.39, 0.29) is 12.3 Å². The molecule has 2 rings (SSSR count). The van der Waals surface area contributed by atoms with Gasteiger partial charge in [0.2, 0.25) is 5.82 Å². The van der Waals surface area contributed by atoms with Gasteiger partial charge in [-0.2, -0.15) is 0 Å². The number of aliphatic hydroxyl groups is 1. The minimum Gasteiger partial charge on any atom is -0.396 e. The zero-order chi connectivity index (χ0) is 13.8. The molecule has 1 heterocycles. The Kier molecular flexibility index (Phi) is 4.71. The van der Waals surface area contributed by atoms with Gasteiger partial charge in [0, 0.05) is 35.9 Å². The van der Waals surface area contributed by atoms with Gasteiger partial charge in [-0.25, -0.2) is 4.98 Å². The van der Waals surface area contributed by atoms with E-state index < -0.39 is 4.92 Å². The second-order valence-electron chi connectivity index (χ2n) is 4.61. The summed E-state index contributed by atoms with van der Waals surface area (Å²) in [5.74, 6) is 0.409. The number of nitrogens with zero attached hydrogens (tertiary/aromatic N) is 3. The Labute approximate surface area is 119 Å². The van der Waals surface area contributed by atoms with Crippen LogP contribution in [0, 0.1) is 10.1 Å². The smallest absolute Gasteiger partial charge is 0.312 e. The van der Waals surface area contributed by atoms with Crippen LogP contribution in [-0.2, 0) is 0 Å². The number of halogens is 1. The first kappa shape index (κ1) is 14.2. The molecular weight excluding hydrogens is 314 g/mol. The Bertz CT molecular complexity index is 466. The quantitative estimate of drug-likeness (QED) is 0.640. The lowest BCUT2D eigenvalue weighted by Crippen LogP contribution is -2.42. The molecule has 19 heavy (non-hydrogen) atoms. The normalized spacial score (nSPS) is 15.1. The van der Waals surface area contributed by atoms with E-state index in [1.165, 1.54) is 6.07 Å². The highest BCUT2D eigenvalue weighted by atomic mass is 79.9. The number of nitro groups is 1. The summed E-state index contributed by atoms with van der Waals surface area (Å²) in [5.41, 5.74) is 0.0132. The highest BCUT2D eigenvalue weighted by Crippen LogP contribution is 2.34. The topological polar surface area (TPSA) is 79.5 Å². The van der Waals surface area contributed by atoms with Crippen LogP contribution in [0.2, 0.25) is 0 Å². The molecule has 0 aromatic carbocycles. The summed E-state index contributed by atoms with van der Waals surface area (Å²) in [6.45, 7) is 0.671. The molecule has 1 saturated carbocycles. The van der Waals surface area contributed by atoms with Crippen molar-refractivity contribution in [3.05, 3.63) is 26.9 Å². The van der Waals surface area contributed by atoms with E-state index in [4.69, 9.17) is 5.11 Å². The maximum absolute atomic E-state index is 11.1. The van der Waals surface area contributed by atoms with Crippen molar-refractivity contribution in [3.63, 3.8) is 0 Å². The van der Waals surface area contributed by atoms with Crippen LogP contribution in [-0.4, -0.2) is 34.2 Å². The van der Waals surface area contributed by atoms with Crippen LogP contribution in [0.4, 0.5) is 11.5 Å². The lowest BCUT2D eigenvalue weighted by Gasteiger charge is -2.38. The average Bonchev–Trinajstić information content (AvgIpc) is 2.32. The molecule has 0 atom stereocenters. The monoisotopic (exact) mass is 329 g/mol. The molecule has 0 spiro atoms. The zero-order valence-electron chi connectivity index (χ0n) is 10.5. The van der Waals surface area contributed by atoms with Crippen LogP contribution in [0.1, 0.15) is 25.7 Å². The van der Waals surface area contributed by atoms with Crippen molar-refractivity contribution < 1.29 is 10.0 Å². The van der Waals surface area contributed by atoms with Crippen LogP contribution in [0.15, 0.2) is 16.7 Å². The van der Waals surface area contributed by atoms with E-state index in [0.29, 0.717) is 29.3 Å². The Morgan fingerprint density at radius 1 is 1.58 bits per heavy atom. The predicted octanol–water partition coefficient (Wildman–Crippen LogP) is 2.49. The summed E-state index contributed by atoms with van der Waals surface area (Å²) in [5, 5.41) is 20.1. The van der Waals surface area contributed by atoms with E-state index in [9.17, 15) is 10.1 Å². The maximum Gasteiger partial charge on any atom is 0.312 e. The van der Waals surface area contributed by atoms with E-state index in [0.717, 1.165) is 19.3 Å². The second-order valence-corrected chi connectivity index (χ2v) is 5.52. The van der Waals surface area contributed by atoms with Crippen molar-refractivity contribution in [2.24, 2.45) is 0 Å². The Balaban J connectivity index is 2.31. The molecule has 0 aliphatic heterocycles. The number of pyridine rings is 1. The minimum atomic E-state index is -0.405.